The van der Waals surface area contributed by atoms with Gasteiger partial charge in [-0.15, -0.1) is 12.4 Å². The predicted molar refractivity (Wildman–Crippen MR) is 68.4 cm³/mol. The third kappa shape index (κ3) is 2.91. The van der Waals surface area contributed by atoms with E-state index >= 15 is 0 Å². The lowest BCUT2D eigenvalue weighted by atomic mass is 10.1. The standard InChI is InChI=1S/C12H15FN2O2.ClH/c13-10-2-1-9(5-11(10)16)12(17)15-4-3-8(6-14)7-15;/h1-2,5,8,16H,3-4,6-7,14H2;1H. The molecule has 1 atom stereocenters. The van der Waals surface area contributed by atoms with Crippen LogP contribution in [0.3, 0.4) is 0 Å². The van der Waals surface area contributed by atoms with Crippen LogP contribution in [0.1, 0.15) is 16.8 Å². The fourth-order valence-corrected chi connectivity index (χ4v) is 2.04. The van der Waals surface area contributed by atoms with Gasteiger partial charge in [0.2, 0.25) is 0 Å². The molecule has 0 bridgehead atoms. The molecule has 1 saturated heterocycles. The Morgan fingerprint density at radius 2 is 2.28 bits per heavy atom. The van der Waals surface area contributed by atoms with Crippen molar-refractivity contribution in [2.75, 3.05) is 19.6 Å². The summed E-state index contributed by atoms with van der Waals surface area (Å²) in [5.74, 6) is -1.06. The van der Waals surface area contributed by atoms with Crippen LogP contribution in [0.25, 0.3) is 0 Å². The molecule has 6 heteroatoms. The fourth-order valence-electron chi connectivity index (χ4n) is 2.04. The van der Waals surface area contributed by atoms with Gasteiger partial charge in [-0.05, 0) is 37.1 Å². The molecule has 0 aliphatic carbocycles. The van der Waals surface area contributed by atoms with E-state index in [1.807, 2.05) is 0 Å². The molecule has 1 heterocycles. The molecule has 1 aliphatic rings. The zero-order chi connectivity index (χ0) is 12.4. The Morgan fingerprint density at radius 1 is 1.56 bits per heavy atom. The maximum Gasteiger partial charge on any atom is 0.254 e. The number of rotatable bonds is 2. The average molecular weight is 275 g/mol. The highest BCUT2D eigenvalue weighted by Crippen LogP contribution is 2.21. The lowest BCUT2D eigenvalue weighted by Crippen LogP contribution is -2.29. The molecule has 4 nitrogen and oxygen atoms in total. The molecule has 1 amide bonds. The summed E-state index contributed by atoms with van der Waals surface area (Å²) >= 11 is 0. The van der Waals surface area contributed by atoms with Crippen LogP contribution in [0.2, 0.25) is 0 Å². The van der Waals surface area contributed by atoms with Crippen molar-refractivity contribution in [3.63, 3.8) is 0 Å². The van der Waals surface area contributed by atoms with Gasteiger partial charge in [-0.2, -0.15) is 0 Å². The summed E-state index contributed by atoms with van der Waals surface area (Å²) in [6.45, 7) is 1.87. The lowest BCUT2D eigenvalue weighted by molar-refractivity contribution is 0.0787. The van der Waals surface area contributed by atoms with Gasteiger partial charge in [0.1, 0.15) is 0 Å². The molecule has 18 heavy (non-hydrogen) atoms. The molecule has 1 aliphatic heterocycles. The second-order valence-corrected chi connectivity index (χ2v) is 4.31. The van der Waals surface area contributed by atoms with Crippen molar-refractivity contribution in [2.45, 2.75) is 6.42 Å². The smallest absolute Gasteiger partial charge is 0.254 e. The average Bonchev–Trinajstić information content (AvgIpc) is 2.80. The first-order valence-corrected chi connectivity index (χ1v) is 5.59. The summed E-state index contributed by atoms with van der Waals surface area (Å²) in [5.41, 5.74) is 5.86. The summed E-state index contributed by atoms with van der Waals surface area (Å²) in [6.07, 6.45) is 0.898. The number of phenols is 1. The molecule has 0 aromatic heterocycles. The maximum absolute atomic E-state index is 12.9. The zero-order valence-corrected chi connectivity index (χ0v) is 10.6. The van der Waals surface area contributed by atoms with E-state index in [9.17, 15) is 14.3 Å². The lowest BCUT2D eigenvalue weighted by Gasteiger charge is -2.16. The summed E-state index contributed by atoms with van der Waals surface area (Å²) in [7, 11) is 0. The van der Waals surface area contributed by atoms with Crippen LogP contribution < -0.4 is 5.73 Å². The van der Waals surface area contributed by atoms with Gasteiger partial charge in [-0.3, -0.25) is 4.79 Å². The third-order valence-corrected chi connectivity index (χ3v) is 3.10. The third-order valence-electron chi connectivity index (χ3n) is 3.10. The number of hydrogen-bond donors (Lipinski definition) is 2. The van der Waals surface area contributed by atoms with Crippen LogP contribution in [-0.2, 0) is 0 Å². The van der Waals surface area contributed by atoms with Crippen molar-refractivity contribution in [3.05, 3.63) is 29.6 Å². The number of likely N-dealkylation sites (tertiary alicyclic amines) is 1. The van der Waals surface area contributed by atoms with E-state index in [4.69, 9.17) is 5.73 Å². The van der Waals surface area contributed by atoms with Crippen molar-refractivity contribution in [1.29, 1.82) is 0 Å². The normalized spacial score (nSPS) is 18.6. The first kappa shape index (κ1) is 14.7. The monoisotopic (exact) mass is 274 g/mol. The number of carbonyl (C=O) groups is 1. The van der Waals surface area contributed by atoms with Gasteiger partial charge in [0.05, 0.1) is 0 Å². The highest BCUT2D eigenvalue weighted by Gasteiger charge is 2.26. The van der Waals surface area contributed by atoms with Crippen molar-refractivity contribution >= 4 is 18.3 Å². The number of amides is 1. The molecule has 1 aromatic rings. The van der Waals surface area contributed by atoms with Gasteiger partial charge in [-0.25, -0.2) is 4.39 Å². The van der Waals surface area contributed by atoms with Gasteiger partial charge < -0.3 is 15.7 Å². The number of benzene rings is 1. The molecule has 3 N–H and O–H groups in total. The van der Waals surface area contributed by atoms with Crippen LogP contribution in [-0.4, -0.2) is 35.5 Å². The molecular weight excluding hydrogens is 259 g/mol. The van der Waals surface area contributed by atoms with E-state index in [1.54, 1.807) is 4.90 Å². The largest absolute Gasteiger partial charge is 0.505 e. The molecule has 0 saturated carbocycles. The molecule has 2 rings (SSSR count). The first-order valence-electron chi connectivity index (χ1n) is 5.59. The number of nitrogens with zero attached hydrogens (tertiary/aromatic N) is 1. The minimum absolute atomic E-state index is 0. The highest BCUT2D eigenvalue weighted by molar-refractivity contribution is 5.94. The number of nitrogens with two attached hydrogens (primary N) is 1. The van der Waals surface area contributed by atoms with Gasteiger partial charge >= 0.3 is 0 Å². The Labute approximate surface area is 111 Å². The van der Waals surface area contributed by atoms with Crippen LogP contribution >= 0.6 is 12.4 Å². The predicted octanol–water partition coefficient (Wildman–Crippen LogP) is 1.37. The van der Waals surface area contributed by atoms with Crippen molar-refractivity contribution in [2.24, 2.45) is 11.7 Å². The van der Waals surface area contributed by atoms with E-state index in [1.165, 1.54) is 6.07 Å². The van der Waals surface area contributed by atoms with Gasteiger partial charge in [-0.1, -0.05) is 0 Å². The number of halogens is 2. The Hall–Kier alpha value is -1.33. The quantitative estimate of drug-likeness (QED) is 0.856. The Kier molecular flexibility index (Phi) is 4.93. The van der Waals surface area contributed by atoms with Gasteiger partial charge in [0.15, 0.2) is 11.6 Å². The van der Waals surface area contributed by atoms with Crippen LogP contribution in [0, 0.1) is 11.7 Å². The molecular formula is C12H16ClFN2O2. The van der Waals surface area contributed by atoms with E-state index < -0.39 is 11.6 Å². The number of aromatic hydroxyl groups is 1. The van der Waals surface area contributed by atoms with E-state index in [2.05, 4.69) is 0 Å². The first-order chi connectivity index (χ1) is 8.11. The fraction of sp³-hybridized carbons (Fsp3) is 0.417. The Morgan fingerprint density at radius 3 is 2.83 bits per heavy atom. The SMILES string of the molecule is Cl.NCC1CCN(C(=O)c2ccc(F)c(O)c2)C1. The van der Waals surface area contributed by atoms with E-state index in [0.717, 1.165) is 18.6 Å². The summed E-state index contributed by atoms with van der Waals surface area (Å²) in [4.78, 5) is 13.7. The van der Waals surface area contributed by atoms with E-state index in [-0.39, 0.29) is 18.3 Å². The van der Waals surface area contributed by atoms with Crippen LogP contribution in [0.15, 0.2) is 18.2 Å². The van der Waals surface area contributed by atoms with Crippen molar-refractivity contribution in [3.8, 4) is 5.75 Å². The summed E-state index contributed by atoms with van der Waals surface area (Å²) in [6, 6.07) is 3.64. The zero-order valence-electron chi connectivity index (χ0n) is 9.80. The summed E-state index contributed by atoms with van der Waals surface area (Å²) < 4.78 is 12.9. The topological polar surface area (TPSA) is 66.6 Å². The van der Waals surface area contributed by atoms with Crippen molar-refractivity contribution in [1.82, 2.24) is 4.90 Å². The van der Waals surface area contributed by atoms with Gasteiger partial charge in [0, 0.05) is 18.7 Å². The second kappa shape index (κ2) is 6.02. The number of hydrogen-bond acceptors (Lipinski definition) is 3. The number of phenolic OH excluding ortho intramolecular Hbond substituents is 1. The van der Waals surface area contributed by atoms with Crippen LogP contribution in [0.4, 0.5) is 4.39 Å². The summed E-state index contributed by atoms with van der Waals surface area (Å²) in [5, 5.41) is 9.22. The molecule has 1 aromatic carbocycles. The molecule has 0 radical (unpaired) electrons. The number of carbonyl (C=O) groups excluding carboxylic acids is 1. The Bertz CT molecular complexity index is 442. The van der Waals surface area contributed by atoms with Gasteiger partial charge in [0.25, 0.3) is 5.91 Å². The molecule has 0 spiro atoms. The van der Waals surface area contributed by atoms with Crippen LogP contribution in [0.5, 0.6) is 5.75 Å². The highest BCUT2D eigenvalue weighted by atomic mass is 35.5. The minimum atomic E-state index is -0.720. The van der Waals surface area contributed by atoms with E-state index in [0.29, 0.717) is 31.1 Å². The molecule has 1 fully saturated rings. The molecule has 100 valence electrons. The second-order valence-electron chi connectivity index (χ2n) is 4.31. The van der Waals surface area contributed by atoms with Crippen molar-refractivity contribution < 1.29 is 14.3 Å². The minimum Gasteiger partial charge on any atom is -0.505 e. The Balaban J connectivity index is 0.00000162. The maximum atomic E-state index is 12.9. The molecule has 1 unspecified atom stereocenters.